The summed E-state index contributed by atoms with van der Waals surface area (Å²) in [6.07, 6.45) is 1.33. The molecule has 1 aromatic heterocycles. The van der Waals surface area contributed by atoms with Crippen LogP contribution in [0.15, 0.2) is 34.5 Å². The number of aromatic amines is 1. The number of carbonyl (C=O) groups is 1. The quantitative estimate of drug-likeness (QED) is 0.365. The lowest BCUT2D eigenvalue weighted by Crippen LogP contribution is -2.03. The number of halogens is 1. The maximum absolute atomic E-state index is 13.3. The van der Waals surface area contributed by atoms with Gasteiger partial charge in [-0.05, 0) is 6.07 Å². The Hall–Kier alpha value is -2.42. The monoisotopic (exact) mass is 309 g/mol. The standard InChI is InChI=1S/C12H12FN5O2S/c1-20-10(19)7-21-12-15-11(17-18-12)16-14-6-8-4-2-3-5-9(8)13/h2-6H,7H2,1H3,(H2,15,16,17,18)/b14-6+. The summed E-state index contributed by atoms with van der Waals surface area (Å²) in [7, 11) is 1.31. The predicted octanol–water partition coefficient (Wildman–Crippen LogP) is 1.65. The summed E-state index contributed by atoms with van der Waals surface area (Å²) in [6, 6.07) is 6.25. The lowest BCUT2D eigenvalue weighted by molar-refractivity contribution is -0.137. The van der Waals surface area contributed by atoms with Crippen LogP contribution in [0.25, 0.3) is 0 Å². The van der Waals surface area contributed by atoms with E-state index in [-0.39, 0.29) is 23.5 Å². The number of ether oxygens (including phenoxy) is 1. The van der Waals surface area contributed by atoms with Gasteiger partial charge in [0.15, 0.2) is 0 Å². The summed E-state index contributed by atoms with van der Waals surface area (Å²) < 4.78 is 17.8. The van der Waals surface area contributed by atoms with Gasteiger partial charge in [-0.2, -0.15) is 10.1 Å². The van der Waals surface area contributed by atoms with E-state index in [0.29, 0.717) is 10.7 Å². The predicted molar refractivity (Wildman–Crippen MR) is 76.7 cm³/mol. The number of esters is 1. The van der Waals surface area contributed by atoms with Crippen molar-refractivity contribution in [2.45, 2.75) is 5.16 Å². The third kappa shape index (κ3) is 4.56. The fourth-order valence-electron chi connectivity index (χ4n) is 1.29. The Labute approximate surface area is 124 Å². The number of nitrogens with zero attached hydrogens (tertiary/aromatic N) is 3. The highest BCUT2D eigenvalue weighted by Gasteiger charge is 2.07. The number of nitrogens with one attached hydrogen (secondary N) is 2. The lowest BCUT2D eigenvalue weighted by Gasteiger charge is -1.95. The highest BCUT2D eigenvalue weighted by molar-refractivity contribution is 7.99. The van der Waals surface area contributed by atoms with Crippen LogP contribution in [0, 0.1) is 5.82 Å². The molecule has 1 heterocycles. The second-order valence-corrected chi connectivity index (χ2v) is 4.67. The van der Waals surface area contributed by atoms with Crippen molar-refractivity contribution in [3.8, 4) is 0 Å². The molecule has 2 N–H and O–H groups in total. The van der Waals surface area contributed by atoms with Gasteiger partial charge in [0.05, 0.1) is 19.1 Å². The molecule has 0 unspecified atom stereocenters. The van der Waals surface area contributed by atoms with Crippen molar-refractivity contribution in [2.75, 3.05) is 18.3 Å². The molecule has 0 aliphatic heterocycles. The van der Waals surface area contributed by atoms with Crippen molar-refractivity contribution in [1.29, 1.82) is 0 Å². The Bertz CT molecular complexity index is 646. The molecule has 0 spiro atoms. The van der Waals surface area contributed by atoms with Crippen LogP contribution < -0.4 is 5.43 Å². The smallest absolute Gasteiger partial charge is 0.316 e. The average Bonchev–Trinajstić information content (AvgIpc) is 2.94. The molecular weight excluding hydrogens is 297 g/mol. The van der Waals surface area contributed by atoms with Crippen molar-refractivity contribution < 1.29 is 13.9 Å². The van der Waals surface area contributed by atoms with Crippen molar-refractivity contribution in [3.05, 3.63) is 35.6 Å². The number of aromatic nitrogens is 3. The molecule has 0 aliphatic carbocycles. The first-order valence-electron chi connectivity index (χ1n) is 5.84. The summed E-state index contributed by atoms with van der Waals surface area (Å²) in [5, 5.41) is 10.7. The Morgan fingerprint density at radius 2 is 2.38 bits per heavy atom. The third-order valence-electron chi connectivity index (χ3n) is 2.29. The van der Waals surface area contributed by atoms with E-state index in [9.17, 15) is 9.18 Å². The first-order chi connectivity index (χ1) is 10.2. The molecule has 2 rings (SSSR count). The molecule has 0 bridgehead atoms. The van der Waals surface area contributed by atoms with Gasteiger partial charge in [-0.15, -0.1) is 5.10 Å². The van der Waals surface area contributed by atoms with Crippen LogP contribution in [0.3, 0.4) is 0 Å². The Morgan fingerprint density at radius 3 is 3.14 bits per heavy atom. The number of H-pyrrole nitrogens is 1. The third-order valence-corrected chi connectivity index (χ3v) is 3.11. The fraction of sp³-hybridized carbons (Fsp3) is 0.167. The highest BCUT2D eigenvalue weighted by Crippen LogP contribution is 2.13. The van der Waals surface area contributed by atoms with Gasteiger partial charge in [-0.3, -0.25) is 4.79 Å². The number of hydrazone groups is 1. The van der Waals surface area contributed by atoms with Crippen LogP contribution in [0.5, 0.6) is 0 Å². The van der Waals surface area contributed by atoms with E-state index in [2.05, 4.69) is 30.4 Å². The molecule has 9 heteroatoms. The zero-order chi connectivity index (χ0) is 15.1. The van der Waals surface area contributed by atoms with E-state index in [1.54, 1.807) is 18.2 Å². The lowest BCUT2D eigenvalue weighted by atomic mass is 10.2. The van der Waals surface area contributed by atoms with Crippen LogP contribution in [-0.2, 0) is 9.53 Å². The minimum atomic E-state index is -0.366. The molecule has 21 heavy (non-hydrogen) atoms. The summed E-state index contributed by atoms with van der Waals surface area (Å²) in [4.78, 5) is 15.0. The average molecular weight is 309 g/mol. The molecule has 0 saturated heterocycles. The van der Waals surface area contributed by atoms with Gasteiger partial charge in [0.1, 0.15) is 5.82 Å². The molecular formula is C12H12FN5O2S. The Balaban J connectivity index is 1.88. The Morgan fingerprint density at radius 1 is 1.57 bits per heavy atom. The van der Waals surface area contributed by atoms with E-state index in [0.717, 1.165) is 11.8 Å². The first-order valence-corrected chi connectivity index (χ1v) is 6.83. The number of hydrogen-bond donors (Lipinski definition) is 2. The number of methoxy groups -OCH3 is 1. The molecule has 0 saturated carbocycles. The maximum Gasteiger partial charge on any atom is 0.316 e. The molecule has 0 amide bonds. The number of hydrogen-bond acceptors (Lipinski definition) is 7. The molecule has 110 valence electrons. The summed E-state index contributed by atoms with van der Waals surface area (Å²) in [5.41, 5.74) is 2.94. The zero-order valence-corrected chi connectivity index (χ0v) is 11.9. The largest absolute Gasteiger partial charge is 0.468 e. The van der Waals surface area contributed by atoms with Crippen molar-refractivity contribution in [1.82, 2.24) is 15.2 Å². The van der Waals surface area contributed by atoms with Gasteiger partial charge in [0.2, 0.25) is 11.1 Å². The molecule has 0 aliphatic rings. The zero-order valence-electron chi connectivity index (χ0n) is 11.0. The van der Waals surface area contributed by atoms with Crippen LogP contribution in [0.1, 0.15) is 5.56 Å². The maximum atomic E-state index is 13.3. The Kier molecular flexibility index (Phi) is 5.27. The van der Waals surface area contributed by atoms with E-state index < -0.39 is 0 Å². The van der Waals surface area contributed by atoms with E-state index >= 15 is 0 Å². The van der Waals surface area contributed by atoms with Gasteiger partial charge in [-0.1, -0.05) is 30.0 Å². The van der Waals surface area contributed by atoms with Crippen molar-refractivity contribution in [2.24, 2.45) is 5.10 Å². The molecule has 1 aromatic carbocycles. The van der Waals surface area contributed by atoms with E-state index in [1.165, 1.54) is 19.4 Å². The number of carbonyl (C=O) groups excluding carboxylic acids is 1. The topological polar surface area (TPSA) is 92.3 Å². The number of benzene rings is 1. The second kappa shape index (κ2) is 7.39. The molecule has 0 fully saturated rings. The first kappa shape index (κ1) is 15.0. The minimum absolute atomic E-state index is 0.117. The highest BCUT2D eigenvalue weighted by atomic mass is 32.2. The van der Waals surface area contributed by atoms with Gasteiger partial charge in [0, 0.05) is 5.56 Å². The van der Waals surface area contributed by atoms with Crippen LogP contribution in [0.2, 0.25) is 0 Å². The molecule has 0 radical (unpaired) electrons. The fourth-order valence-corrected chi connectivity index (χ4v) is 1.92. The van der Waals surface area contributed by atoms with Gasteiger partial charge >= 0.3 is 5.97 Å². The van der Waals surface area contributed by atoms with Gasteiger partial charge < -0.3 is 4.74 Å². The normalized spacial score (nSPS) is 10.8. The SMILES string of the molecule is COC(=O)CSc1n[nH]c(N/N=C/c2ccccc2F)n1. The van der Waals surface area contributed by atoms with E-state index in [4.69, 9.17) is 0 Å². The summed E-state index contributed by atoms with van der Waals surface area (Å²) in [5.74, 6) is -0.325. The van der Waals surface area contributed by atoms with Crippen molar-refractivity contribution in [3.63, 3.8) is 0 Å². The van der Waals surface area contributed by atoms with Crippen molar-refractivity contribution >= 4 is 29.9 Å². The van der Waals surface area contributed by atoms with Gasteiger partial charge in [-0.25, -0.2) is 14.9 Å². The molecule has 7 nitrogen and oxygen atoms in total. The second-order valence-electron chi connectivity index (χ2n) is 3.72. The minimum Gasteiger partial charge on any atom is -0.468 e. The van der Waals surface area contributed by atoms with Crippen LogP contribution in [-0.4, -0.2) is 40.2 Å². The van der Waals surface area contributed by atoms with Crippen LogP contribution in [0.4, 0.5) is 10.3 Å². The summed E-state index contributed by atoms with van der Waals surface area (Å²) in [6.45, 7) is 0. The number of rotatable bonds is 6. The molecule has 2 aromatic rings. The van der Waals surface area contributed by atoms with Gasteiger partial charge in [0.25, 0.3) is 0 Å². The summed E-state index contributed by atoms with van der Waals surface area (Å²) >= 11 is 1.13. The van der Waals surface area contributed by atoms with E-state index in [1.807, 2.05) is 0 Å². The number of anilines is 1. The van der Waals surface area contributed by atoms with Crippen LogP contribution >= 0.6 is 11.8 Å². The number of thioether (sulfide) groups is 1. The molecule has 0 atom stereocenters.